The number of nitrogens with zero attached hydrogens (tertiary/aromatic N) is 1. The molecule has 112 valence electrons. The molecule has 0 unspecified atom stereocenters. The van der Waals surface area contributed by atoms with Crippen molar-refractivity contribution in [2.24, 2.45) is 0 Å². The molecule has 0 radical (unpaired) electrons. The van der Waals surface area contributed by atoms with Gasteiger partial charge in [-0.15, -0.1) is 0 Å². The van der Waals surface area contributed by atoms with Gasteiger partial charge in [0.1, 0.15) is 0 Å². The zero-order valence-electron chi connectivity index (χ0n) is 12.5. The Morgan fingerprint density at radius 2 is 2.05 bits per heavy atom. The topological polar surface area (TPSA) is 32.3 Å². The third-order valence-electron chi connectivity index (χ3n) is 3.14. The highest BCUT2D eigenvalue weighted by molar-refractivity contribution is 6.30. The number of hydrogen-bond acceptors (Lipinski definition) is 1. The summed E-state index contributed by atoms with van der Waals surface area (Å²) in [7, 11) is 0. The number of hydrogen-bond donors (Lipinski definition) is 1. The smallest absolute Gasteiger partial charge is 0.317 e. The van der Waals surface area contributed by atoms with Gasteiger partial charge in [0.05, 0.1) is 0 Å². The van der Waals surface area contributed by atoms with E-state index in [0.717, 1.165) is 49.4 Å². The Labute approximate surface area is 127 Å². The lowest BCUT2D eigenvalue weighted by Crippen LogP contribution is -2.41. The number of urea groups is 1. The number of benzene rings is 1. The van der Waals surface area contributed by atoms with Gasteiger partial charge in [0.2, 0.25) is 0 Å². The molecule has 0 saturated carbocycles. The van der Waals surface area contributed by atoms with Crippen LogP contribution in [0.1, 0.15) is 38.7 Å². The van der Waals surface area contributed by atoms with Crippen LogP contribution in [0, 0.1) is 0 Å². The van der Waals surface area contributed by atoms with Crippen LogP contribution in [-0.2, 0) is 6.42 Å². The lowest BCUT2D eigenvalue weighted by molar-refractivity contribution is 0.197. The Morgan fingerprint density at radius 3 is 2.70 bits per heavy atom. The third kappa shape index (κ3) is 6.29. The molecule has 1 N–H and O–H groups in total. The Kier molecular flexibility index (Phi) is 8.12. The average molecular weight is 297 g/mol. The first kappa shape index (κ1) is 16.8. The zero-order chi connectivity index (χ0) is 14.8. The molecule has 0 heterocycles. The summed E-state index contributed by atoms with van der Waals surface area (Å²) in [6.07, 6.45) is 3.96. The van der Waals surface area contributed by atoms with Gasteiger partial charge in [0.25, 0.3) is 0 Å². The van der Waals surface area contributed by atoms with Crippen LogP contribution in [0.2, 0.25) is 5.02 Å². The summed E-state index contributed by atoms with van der Waals surface area (Å²) in [6, 6.07) is 7.80. The Morgan fingerprint density at radius 1 is 1.25 bits per heavy atom. The van der Waals surface area contributed by atoms with Crippen molar-refractivity contribution in [2.75, 3.05) is 19.6 Å². The first-order valence-corrected chi connectivity index (χ1v) is 7.82. The van der Waals surface area contributed by atoms with Gasteiger partial charge >= 0.3 is 6.03 Å². The molecule has 2 amide bonds. The number of rotatable bonds is 8. The molecule has 1 rings (SSSR count). The molecule has 1 aromatic carbocycles. The quantitative estimate of drug-likeness (QED) is 0.769. The van der Waals surface area contributed by atoms with Crippen molar-refractivity contribution in [2.45, 2.75) is 39.5 Å². The molecule has 1 aromatic rings. The molecule has 3 nitrogen and oxygen atoms in total. The lowest BCUT2D eigenvalue weighted by Gasteiger charge is -2.22. The molecule has 0 aromatic heterocycles. The number of carbonyl (C=O) groups excluding carboxylic acids is 1. The minimum Gasteiger partial charge on any atom is -0.338 e. The van der Waals surface area contributed by atoms with Gasteiger partial charge in [-0.3, -0.25) is 0 Å². The summed E-state index contributed by atoms with van der Waals surface area (Å²) in [5.41, 5.74) is 1.15. The highest BCUT2D eigenvalue weighted by Crippen LogP contribution is 2.10. The van der Waals surface area contributed by atoms with Gasteiger partial charge in [-0.1, -0.05) is 44.0 Å². The van der Waals surface area contributed by atoms with Gasteiger partial charge < -0.3 is 10.2 Å². The van der Waals surface area contributed by atoms with E-state index in [1.165, 1.54) is 0 Å². The summed E-state index contributed by atoms with van der Waals surface area (Å²) in [6.45, 7) is 6.54. The van der Waals surface area contributed by atoms with Crippen molar-refractivity contribution >= 4 is 17.6 Å². The van der Waals surface area contributed by atoms with Crippen molar-refractivity contribution in [3.05, 3.63) is 34.9 Å². The van der Waals surface area contributed by atoms with Crippen LogP contribution in [0.15, 0.2) is 24.3 Å². The average Bonchev–Trinajstić information content (AvgIpc) is 2.43. The third-order valence-corrected chi connectivity index (χ3v) is 3.38. The van der Waals surface area contributed by atoms with Crippen LogP contribution in [0.3, 0.4) is 0 Å². The summed E-state index contributed by atoms with van der Waals surface area (Å²) in [5.74, 6) is 0. The zero-order valence-corrected chi connectivity index (χ0v) is 13.2. The maximum absolute atomic E-state index is 12.1. The first-order valence-electron chi connectivity index (χ1n) is 7.44. The molecule has 0 atom stereocenters. The normalized spacial score (nSPS) is 10.3. The number of carbonyl (C=O) groups is 1. The van der Waals surface area contributed by atoms with Gasteiger partial charge in [-0.25, -0.2) is 4.79 Å². The van der Waals surface area contributed by atoms with Crippen LogP contribution in [0.5, 0.6) is 0 Å². The second-order valence-corrected chi connectivity index (χ2v) is 5.39. The molecule has 0 aliphatic rings. The van der Waals surface area contributed by atoms with Crippen LogP contribution in [-0.4, -0.2) is 30.6 Å². The van der Waals surface area contributed by atoms with Gasteiger partial charge in [0.15, 0.2) is 0 Å². The molecule has 0 spiro atoms. The summed E-state index contributed by atoms with van der Waals surface area (Å²) >= 11 is 5.94. The van der Waals surface area contributed by atoms with Crippen molar-refractivity contribution in [3.63, 3.8) is 0 Å². The first-order chi connectivity index (χ1) is 9.67. The number of nitrogens with one attached hydrogen (secondary N) is 1. The minimum absolute atomic E-state index is 0.0438. The van der Waals surface area contributed by atoms with E-state index in [9.17, 15) is 4.79 Å². The largest absolute Gasteiger partial charge is 0.338 e. The summed E-state index contributed by atoms with van der Waals surface area (Å²) in [5, 5.41) is 3.73. The van der Waals surface area contributed by atoms with E-state index < -0.39 is 0 Å². The molecule has 0 saturated heterocycles. The fraction of sp³-hybridized carbons (Fsp3) is 0.562. The van der Waals surface area contributed by atoms with E-state index in [2.05, 4.69) is 19.2 Å². The molecule has 0 bridgehead atoms. The van der Waals surface area contributed by atoms with Gasteiger partial charge in [-0.05, 0) is 37.0 Å². The fourth-order valence-corrected chi connectivity index (χ4v) is 2.26. The Balaban J connectivity index is 2.36. The molecule has 0 fully saturated rings. The van der Waals surface area contributed by atoms with Crippen molar-refractivity contribution in [3.8, 4) is 0 Å². The Hall–Kier alpha value is -1.22. The predicted octanol–water partition coefficient (Wildman–Crippen LogP) is 4.10. The lowest BCUT2D eigenvalue weighted by atomic mass is 10.1. The van der Waals surface area contributed by atoms with Crippen LogP contribution in [0.4, 0.5) is 4.79 Å². The second-order valence-electron chi connectivity index (χ2n) is 4.95. The fourth-order valence-electron chi connectivity index (χ4n) is 2.05. The highest BCUT2D eigenvalue weighted by atomic mass is 35.5. The number of unbranched alkanes of at least 4 members (excludes halogenated alkanes) is 1. The Bertz CT molecular complexity index is 409. The van der Waals surface area contributed by atoms with Gasteiger partial charge in [0, 0.05) is 24.7 Å². The van der Waals surface area contributed by atoms with E-state index in [-0.39, 0.29) is 6.03 Å². The maximum Gasteiger partial charge on any atom is 0.317 e. The van der Waals surface area contributed by atoms with E-state index in [0.29, 0.717) is 6.54 Å². The predicted molar refractivity (Wildman–Crippen MR) is 85.3 cm³/mol. The standard InChI is InChI=1S/C16H25ClN2O/c1-3-5-12-19(11-4-2)16(20)18-10-9-14-7-6-8-15(17)13-14/h6-8,13H,3-5,9-12H2,1-2H3,(H,18,20). The molecule has 0 aliphatic heterocycles. The molecule has 0 aliphatic carbocycles. The summed E-state index contributed by atoms with van der Waals surface area (Å²) < 4.78 is 0. The molecular formula is C16H25ClN2O. The van der Waals surface area contributed by atoms with Crippen LogP contribution < -0.4 is 5.32 Å². The SMILES string of the molecule is CCCCN(CCC)C(=O)NCCc1cccc(Cl)c1. The van der Waals surface area contributed by atoms with E-state index in [1.54, 1.807) is 0 Å². The maximum atomic E-state index is 12.1. The number of amides is 2. The van der Waals surface area contributed by atoms with Crippen molar-refractivity contribution < 1.29 is 4.79 Å². The van der Waals surface area contributed by atoms with Crippen molar-refractivity contribution in [1.82, 2.24) is 10.2 Å². The van der Waals surface area contributed by atoms with Crippen LogP contribution in [0.25, 0.3) is 0 Å². The summed E-state index contributed by atoms with van der Waals surface area (Å²) in [4.78, 5) is 14.0. The molecule has 4 heteroatoms. The van der Waals surface area contributed by atoms with Crippen molar-refractivity contribution in [1.29, 1.82) is 0 Å². The minimum atomic E-state index is 0.0438. The highest BCUT2D eigenvalue weighted by Gasteiger charge is 2.10. The van der Waals surface area contributed by atoms with Crippen LogP contribution >= 0.6 is 11.6 Å². The number of halogens is 1. The molecular weight excluding hydrogens is 272 g/mol. The van der Waals surface area contributed by atoms with Gasteiger partial charge in [-0.2, -0.15) is 0 Å². The van der Waals surface area contributed by atoms with E-state index in [4.69, 9.17) is 11.6 Å². The second kappa shape index (κ2) is 9.65. The molecule has 20 heavy (non-hydrogen) atoms. The van der Waals surface area contributed by atoms with E-state index in [1.807, 2.05) is 29.2 Å². The monoisotopic (exact) mass is 296 g/mol. The van der Waals surface area contributed by atoms with E-state index >= 15 is 0 Å².